The lowest BCUT2D eigenvalue weighted by Gasteiger charge is -2.07. The molecule has 0 spiro atoms. The lowest BCUT2D eigenvalue weighted by Crippen LogP contribution is -2.15. The molecule has 31 heavy (non-hydrogen) atoms. The molecule has 2 N–H and O–H groups in total. The number of fused-ring (bicyclic) bond motifs is 1. The summed E-state index contributed by atoms with van der Waals surface area (Å²) in [6.45, 7) is 4.13. The van der Waals surface area contributed by atoms with Gasteiger partial charge in [-0.3, -0.25) is 4.79 Å². The van der Waals surface area contributed by atoms with Crippen molar-refractivity contribution in [2.24, 2.45) is 10.1 Å². The first-order valence-corrected chi connectivity index (χ1v) is 11.4. The average molecular weight is 460 g/mol. The summed E-state index contributed by atoms with van der Waals surface area (Å²) >= 11 is 1.19. The van der Waals surface area contributed by atoms with Crippen LogP contribution in [0.5, 0.6) is 11.5 Å². The first-order valence-electron chi connectivity index (χ1n) is 9.02. The van der Waals surface area contributed by atoms with Gasteiger partial charge in [0.2, 0.25) is 10.0 Å². The van der Waals surface area contributed by atoms with Crippen molar-refractivity contribution < 1.29 is 22.7 Å². The SMILES string of the molecule is C=CCn1c(=NC(=O)/C=C\c2ccc(OC)c(OC)c2)sc2cc(S(N)(=O)=O)ccc21. The van der Waals surface area contributed by atoms with E-state index in [1.807, 2.05) is 0 Å². The third-order valence-electron chi connectivity index (χ3n) is 4.33. The fourth-order valence-corrected chi connectivity index (χ4v) is 4.58. The highest BCUT2D eigenvalue weighted by atomic mass is 32.2. The molecule has 0 bridgehead atoms. The molecule has 0 fully saturated rings. The van der Waals surface area contributed by atoms with Gasteiger partial charge in [-0.1, -0.05) is 23.5 Å². The Hall–Kier alpha value is -3.21. The fraction of sp³-hybridized carbons (Fsp3) is 0.143. The molecular weight excluding hydrogens is 438 g/mol. The topological polar surface area (TPSA) is 113 Å². The van der Waals surface area contributed by atoms with Crippen LogP contribution in [-0.4, -0.2) is 33.1 Å². The lowest BCUT2D eigenvalue weighted by molar-refractivity contribution is -0.113. The van der Waals surface area contributed by atoms with Gasteiger partial charge < -0.3 is 14.0 Å². The molecule has 0 unspecified atom stereocenters. The second-order valence-electron chi connectivity index (χ2n) is 6.36. The van der Waals surface area contributed by atoms with Crippen molar-refractivity contribution in [3.05, 3.63) is 65.5 Å². The number of allylic oxidation sites excluding steroid dienone is 1. The molecule has 1 aromatic heterocycles. The highest BCUT2D eigenvalue weighted by Crippen LogP contribution is 2.28. The molecule has 0 radical (unpaired) electrons. The molecule has 0 aliphatic carbocycles. The number of carbonyl (C=O) groups is 1. The van der Waals surface area contributed by atoms with Crippen molar-refractivity contribution in [3.8, 4) is 11.5 Å². The fourth-order valence-electron chi connectivity index (χ4n) is 2.88. The van der Waals surface area contributed by atoms with E-state index >= 15 is 0 Å². The molecule has 0 aliphatic rings. The maximum atomic E-state index is 12.5. The number of sulfonamides is 1. The second-order valence-corrected chi connectivity index (χ2v) is 8.93. The summed E-state index contributed by atoms with van der Waals surface area (Å²) in [6.07, 6.45) is 4.64. The molecule has 162 valence electrons. The van der Waals surface area contributed by atoms with E-state index in [4.69, 9.17) is 14.6 Å². The van der Waals surface area contributed by atoms with Crippen LogP contribution in [0.2, 0.25) is 0 Å². The van der Waals surface area contributed by atoms with E-state index in [9.17, 15) is 13.2 Å². The molecule has 0 aliphatic heterocycles. The molecule has 2 aromatic carbocycles. The Balaban J connectivity index is 1.98. The summed E-state index contributed by atoms with van der Waals surface area (Å²) in [4.78, 5) is 17.1. The molecule has 10 heteroatoms. The zero-order valence-corrected chi connectivity index (χ0v) is 18.6. The molecule has 0 atom stereocenters. The van der Waals surface area contributed by atoms with E-state index in [0.29, 0.717) is 27.5 Å². The van der Waals surface area contributed by atoms with Crippen LogP contribution in [0.15, 0.2) is 65.0 Å². The van der Waals surface area contributed by atoms with Crippen molar-refractivity contribution in [1.29, 1.82) is 0 Å². The number of benzene rings is 2. The molecule has 1 amide bonds. The normalized spacial score (nSPS) is 12.4. The number of nitrogens with two attached hydrogens (primary N) is 1. The Morgan fingerprint density at radius 1 is 1.19 bits per heavy atom. The van der Waals surface area contributed by atoms with Gasteiger partial charge in [-0.2, -0.15) is 4.99 Å². The summed E-state index contributed by atoms with van der Waals surface area (Å²) in [7, 11) is -0.752. The standard InChI is InChI=1S/C21H21N3O5S2/c1-4-11-24-16-8-7-15(31(22,26)27)13-19(16)30-21(24)23-20(25)10-6-14-5-9-17(28-2)18(12-14)29-3/h4-10,12-13H,1,11H2,2-3H3,(H2,22,26,27)/b10-6-,23-21?. The van der Waals surface area contributed by atoms with Crippen molar-refractivity contribution in [3.63, 3.8) is 0 Å². The number of thiazole rings is 1. The summed E-state index contributed by atoms with van der Waals surface area (Å²) in [5.74, 6) is 0.670. The van der Waals surface area contributed by atoms with Crippen LogP contribution in [0.4, 0.5) is 0 Å². The zero-order valence-electron chi connectivity index (χ0n) is 16.9. The minimum Gasteiger partial charge on any atom is -0.493 e. The Morgan fingerprint density at radius 3 is 2.58 bits per heavy atom. The number of rotatable bonds is 7. The number of aromatic nitrogens is 1. The van der Waals surface area contributed by atoms with Gasteiger partial charge in [0, 0.05) is 12.6 Å². The number of primary sulfonamides is 1. The third-order valence-corrected chi connectivity index (χ3v) is 6.28. The van der Waals surface area contributed by atoms with E-state index in [1.165, 1.54) is 36.7 Å². The summed E-state index contributed by atoms with van der Waals surface area (Å²) < 4.78 is 36.1. The Bertz CT molecular complexity index is 1350. The number of carbonyl (C=O) groups excluding carboxylic acids is 1. The van der Waals surface area contributed by atoms with E-state index in [1.54, 1.807) is 48.1 Å². The van der Waals surface area contributed by atoms with Crippen molar-refractivity contribution >= 4 is 43.6 Å². The minimum absolute atomic E-state index is 0.00164. The van der Waals surface area contributed by atoms with Gasteiger partial charge in [-0.05, 0) is 42.0 Å². The third kappa shape index (κ3) is 5.10. The number of hydrogen-bond acceptors (Lipinski definition) is 6. The van der Waals surface area contributed by atoms with E-state index < -0.39 is 15.9 Å². The average Bonchev–Trinajstić information content (AvgIpc) is 3.07. The molecule has 1 heterocycles. The first-order chi connectivity index (χ1) is 14.8. The van der Waals surface area contributed by atoms with E-state index in [2.05, 4.69) is 11.6 Å². The van der Waals surface area contributed by atoms with Crippen molar-refractivity contribution in [1.82, 2.24) is 4.57 Å². The summed E-state index contributed by atoms with van der Waals surface area (Å²) in [5.41, 5.74) is 1.47. The smallest absolute Gasteiger partial charge is 0.272 e. The molecular formula is C21H21N3O5S2. The predicted molar refractivity (Wildman–Crippen MR) is 121 cm³/mol. The minimum atomic E-state index is -3.83. The van der Waals surface area contributed by atoms with Gasteiger partial charge >= 0.3 is 0 Å². The largest absolute Gasteiger partial charge is 0.493 e. The number of methoxy groups -OCH3 is 2. The van der Waals surface area contributed by atoms with Crippen LogP contribution >= 0.6 is 11.3 Å². The number of ether oxygens (including phenoxy) is 2. The summed E-state index contributed by atoms with van der Waals surface area (Å²) in [6, 6.07) is 9.81. The van der Waals surface area contributed by atoms with Crippen molar-refractivity contribution in [2.75, 3.05) is 14.2 Å². The molecule has 8 nitrogen and oxygen atoms in total. The predicted octanol–water partition coefficient (Wildman–Crippen LogP) is 2.69. The van der Waals surface area contributed by atoms with Crippen LogP contribution < -0.4 is 19.4 Å². The molecule has 0 saturated heterocycles. The monoisotopic (exact) mass is 459 g/mol. The van der Waals surface area contributed by atoms with Gasteiger partial charge in [-0.25, -0.2) is 13.6 Å². The molecule has 3 rings (SSSR count). The Morgan fingerprint density at radius 2 is 1.94 bits per heavy atom. The van der Waals surface area contributed by atoms with E-state index in [0.717, 1.165) is 11.1 Å². The van der Waals surface area contributed by atoms with Crippen LogP contribution in [-0.2, 0) is 21.4 Å². The quantitative estimate of drug-likeness (QED) is 0.431. The maximum absolute atomic E-state index is 12.5. The number of amides is 1. The van der Waals surface area contributed by atoms with Gasteiger partial charge in [0.05, 0.1) is 29.3 Å². The van der Waals surface area contributed by atoms with Gasteiger partial charge in [0.15, 0.2) is 16.3 Å². The van der Waals surface area contributed by atoms with Crippen LogP contribution in [0.1, 0.15) is 5.56 Å². The van der Waals surface area contributed by atoms with Crippen LogP contribution in [0.3, 0.4) is 0 Å². The first kappa shape index (κ1) is 22.5. The number of nitrogens with zero attached hydrogens (tertiary/aromatic N) is 2. The van der Waals surface area contributed by atoms with Gasteiger partial charge in [0.1, 0.15) is 0 Å². The maximum Gasteiger partial charge on any atom is 0.272 e. The Kier molecular flexibility index (Phi) is 6.74. The molecule has 0 saturated carbocycles. The van der Waals surface area contributed by atoms with Crippen LogP contribution in [0.25, 0.3) is 16.3 Å². The molecule has 3 aromatic rings. The van der Waals surface area contributed by atoms with Crippen molar-refractivity contribution in [2.45, 2.75) is 11.4 Å². The number of hydrogen-bond donors (Lipinski definition) is 1. The van der Waals surface area contributed by atoms with Gasteiger partial charge in [0.25, 0.3) is 5.91 Å². The highest BCUT2D eigenvalue weighted by molar-refractivity contribution is 7.89. The second kappa shape index (κ2) is 9.29. The van der Waals surface area contributed by atoms with E-state index in [-0.39, 0.29) is 4.90 Å². The zero-order chi connectivity index (χ0) is 22.6. The summed E-state index contributed by atoms with van der Waals surface area (Å²) in [5, 5.41) is 5.22. The Labute approximate surface area is 183 Å². The highest BCUT2D eigenvalue weighted by Gasteiger charge is 2.12. The lowest BCUT2D eigenvalue weighted by atomic mass is 10.2. The van der Waals surface area contributed by atoms with Crippen LogP contribution in [0, 0.1) is 0 Å². The van der Waals surface area contributed by atoms with Gasteiger partial charge in [-0.15, -0.1) is 6.58 Å².